The second kappa shape index (κ2) is 8.60. The Hall–Kier alpha value is -3.66. The number of hydrogen-bond acceptors (Lipinski definition) is 7. The number of ether oxygens (including phenoxy) is 2. The van der Waals surface area contributed by atoms with E-state index in [1.807, 2.05) is 30.3 Å². The number of fused-ring (bicyclic) bond motifs is 1. The van der Waals surface area contributed by atoms with Crippen LogP contribution in [0.3, 0.4) is 0 Å². The summed E-state index contributed by atoms with van der Waals surface area (Å²) in [5, 5.41) is 7.24. The van der Waals surface area contributed by atoms with Gasteiger partial charge in [-0.3, -0.25) is 9.59 Å². The number of nitrogens with zero attached hydrogens (tertiary/aromatic N) is 2. The molecule has 9 nitrogen and oxygen atoms in total. The third-order valence-corrected chi connectivity index (χ3v) is 6.08. The molecule has 0 unspecified atom stereocenters. The number of nitrogens with two attached hydrogens (primary N) is 1. The lowest BCUT2D eigenvalue weighted by atomic mass is 10.1. The van der Waals surface area contributed by atoms with Gasteiger partial charge in [0.2, 0.25) is 5.69 Å². The number of carbonyl (C=O) groups excluding carboxylic acids is 3. The smallest absolute Gasteiger partial charge is 0.363 e. The number of methoxy groups -OCH3 is 1. The largest absolute Gasteiger partial charge is 0.493 e. The fraction of sp³-hybridized carbons (Fsp3) is 0.238. The van der Waals surface area contributed by atoms with E-state index in [4.69, 9.17) is 15.2 Å². The minimum atomic E-state index is -0.800. The second-order valence-corrected chi connectivity index (χ2v) is 7.98. The van der Waals surface area contributed by atoms with Gasteiger partial charge in [0.1, 0.15) is 5.00 Å². The lowest BCUT2D eigenvalue weighted by Gasteiger charge is -2.07. The number of nitrogens with one attached hydrogen (secondary N) is 1. The predicted octanol–water partition coefficient (Wildman–Crippen LogP) is 2.33. The Bertz CT molecular complexity index is 1150. The summed E-state index contributed by atoms with van der Waals surface area (Å²) in [5.74, 6) is -1.73. The normalized spacial score (nSPS) is 12.3. The molecule has 31 heavy (non-hydrogen) atoms. The van der Waals surface area contributed by atoms with Gasteiger partial charge in [-0.25, -0.2) is 9.48 Å². The highest BCUT2D eigenvalue weighted by atomic mass is 32.1. The van der Waals surface area contributed by atoms with Crippen LogP contribution >= 0.6 is 11.3 Å². The molecule has 0 fully saturated rings. The van der Waals surface area contributed by atoms with E-state index in [2.05, 4.69) is 10.4 Å². The van der Waals surface area contributed by atoms with Gasteiger partial charge in [0.25, 0.3) is 11.8 Å². The maximum atomic E-state index is 12.5. The zero-order valence-corrected chi connectivity index (χ0v) is 17.5. The molecule has 0 spiro atoms. The summed E-state index contributed by atoms with van der Waals surface area (Å²) < 4.78 is 11.8. The molecule has 1 aliphatic rings. The number of para-hydroxylation sites is 1. The first-order valence-electron chi connectivity index (χ1n) is 9.58. The summed E-state index contributed by atoms with van der Waals surface area (Å²) in [5.41, 5.74) is 7.44. The van der Waals surface area contributed by atoms with Crippen molar-refractivity contribution in [3.63, 3.8) is 0 Å². The van der Waals surface area contributed by atoms with Crippen molar-refractivity contribution in [3.05, 3.63) is 58.2 Å². The maximum Gasteiger partial charge on any atom is 0.363 e. The molecule has 10 heteroatoms. The van der Waals surface area contributed by atoms with Crippen LogP contribution in [-0.2, 0) is 22.4 Å². The zero-order chi connectivity index (χ0) is 22.0. The van der Waals surface area contributed by atoms with Crippen molar-refractivity contribution in [3.8, 4) is 11.4 Å². The number of aryl methyl sites for hydroxylation is 1. The summed E-state index contributed by atoms with van der Waals surface area (Å²) in [7, 11) is 1.41. The van der Waals surface area contributed by atoms with Crippen molar-refractivity contribution < 1.29 is 23.9 Å². The number of primary amides is 1. The number of thiophene rings is 1. The van der Waals surface area contributed by atoms with Crippen LogP contribution in [0.15, 0.2) is 36.5 Å². The minimum absolute atomic E-state index is 0.0490. The number of carbonyl (C=O) groups is 3. The number of hydrogen-bond donors (Lipinski definition) is 2. The average molecular weight is 440 g/mol. The Kier molecular flexibility index (Phi) is 5.72. The average Bonchev–Trinajstić information content (AvgIpc) is 3.46. The first kappa shape index (κ1) is 20.6. The quantitative estimate of drug-likeness (QED) is 0.543. The minimum Gasteiger partial charge on any atom is -0.493 e. The van der Waals surface area contributed by atoms with Crippen molar-refractivity contribution in [2.45, 2.75) is 19.3 Å². The topological polar surface area (TPSA) is 126 Å². The Morgan fingerprint density at radius 3 is 2.71 bits per heavy atom. The second-order valence-electron chi connectivity index (χ2n) is 6.88. The molecule has 0 radical (unpaired) electrons. The number of aromatic nitrogens is 2. The number of benzene rings is 1. The zero-order valence-electron chi connectivity index (χ0n) is 16.7. The number of esters is 1. The highest BCUT2D eigenvalue weighted by molar-refractivity contribution is 7.17. The van der Waals surface area contributed by atoms with Gasteiger partial charge in [0.05, 0.1) is 24.6 Å². The first-order valence-corrected chi connectivity index (χ1v) is 10.4. The SMILES string of the molecule is COc1cn(-c2ccccc2)nc1C(=O)OCC(=O)Nc1sc2c(c1C(N)=O)CCC2. The van der Waals surface area contributed by atoms with E-state index in [9.17, 15) is 14.4 Å². The first-order chi connectivity index (χ1) is 15.0. The van der Waals surface area contributed by atoms with Crippen LogP contribution in [0.1, 0.15) is 37.7 Å². The van der Waals surface area contributed by atoms with Crippen molar-refractivity contribution in [1.29, 1.82) is 0 Å². The van der Waals surface area contributed by atoms with Crippen molar-refractivity contribution in [2.24, 2.45) is 5.73 Å². The monoisotopic (exact) mass is 440 g/mol. The van der Waals surface area contributed by atoms with Gasteiger partial charge in [-0.2, -0.15) is 5.10 Å². The summed E-state index contributed by atoms with van der Waals surface area (Å²) in [6, 6.07) is 9.19. The molecule has 0 aliphatic heterocycles. The van der Waals surface area contributed by atoms with Gasteiger partial charge >= 0.3 is 5.97 Å². The Morgan fingerprint density at radius 2 is 2.00 bits per heavy atom. The van der Waals surface area contributed by atoms with Crippen LogP contribution < -0.4 is 15.8 Å². The molecule has 2 aromatic heterocycles. The highest BCUT2D eigenvalue weighted by Gasteiger charge is 2.27. The van der Waals surface area contributed by atoms with E-state index >= 15 is 0 Å². The Balaban J connectivity index is 1.43. The summed E-state index contributed by atoms with van der Waals surface area (Å²) in [6.07, 6.45) is 4.14. The molecule has 160 valence electrons. The van der Waals surface area contributed by atoms with Crippen LogP contribution in [0, 0.1) is 0 Å². The summed E-state index contributed by atoms with van der Waals surface area (Å²) in [6.45, 7) is -0.541. The van der Waals surface area contributed by atoms with E-state index in [1.165, 1.54) is 23.1 Å². The molecule has 2 amide bonds. The molecule has 0 saturated carbocycles. The Labute approximate surface area is 181 Å². The molecule has 0 atom stereocenters. The van der Waals surface area contributed by atoms with Gasteiger partial charge in [-0.15, -0.1) is 11.3 Å². The molecule has 3 N–H and O–H groups in total. The lowest BCUT2D eigenvalue weighted by molar-refractivity contribution is -0.119. The third-order valence-electron chi connectivity index (χ3n) is 4.87. The van der Waals surface area contributed by atoms with Gasteiger partial charge in [0.15, 0.2) is 12.4 Å². The van der Waals surface area contributed by atoms with E-state index < -0.39 is 24.4 Å². The molecule has 0 bridgehead atoms. The number of anilines is 1. The van der Waals surface area contributed by atoms with Crippen molar-refractivity contribution in [1.82, 2.24) is 9.78 Å². The van der Waals surface area contributed by atoms with Crippen LogP contribution in [-0.4, -0.2) is 41.3 Å². The van der Waals surface area contributed by atoms with Crippen LogP contribution in [0.4, 0.5) is 5.00 Å². The van der Waals surface area contributed by atoms with Crippen LogP contribution in [0.5, 0.6) is 5.75 Å². The molecule has 1 aromatic carbocycles. The van der Waals surface area contributed by atoms with E-state index in [0.717, 1.165) is 35.4 Å². The molecular weight excluding hydrogens is 420 g/mol. The fourth-order valence-electron chi connectivity index (χ4n) is 3.48. The van der Waals surface area contributed by atoms with Crippen molar-refractivity contribution >= 4 is 34.1 Å². The Morgan fingerprint density at radius 1 is 1.23 bits per heavy atom. The summed E-state index contributed by atoms with van der Waals surface area (Å²) in [4.78, 5) is 37.7. The molecule has 3 aromatic rings. The van der Waals surface area contributed by atoms with E-state index in [1.54, 1.807) is 6.20 Å². The van der Waals surface area contributed by atoms with Gasteiger partial charge in [-0.1, -0.05) is 18.2 Å². The highest BCUT2D eigenvalue weighted by Crippen LogP contribution is 2.38. The predicted molar refractivity (Wildman–Crippen MR) is 114 cm³/mol. The molecule has 2 heterocycles. The van der Waals surface area contributed by atoms with Crippen molar-refractivity contribution in [2.75, 3.05) is 19.0 Å². The van der Waals surface area contributed by atoms with Crippen LogP contribution in [0.2, 0.25) is 0 Å². The van der Waals surface area contributed by atoms with Gasteiger partial charge in [0, 0.05) is 4.88 Å². The molecule has 1 aliphatic carbocycles. The number of rotatable bonds is 7. The molecule has 4 rings (SSSR count). The van der Waals surface area contributed by atoms with E-state index in [-0.39, 0.29) is 11.4 Å². The van der Waals surface area contributed by atoms with E-state index in [0.29, 0.717) is 10.6 Å². The molecular formula is C21H20N4O5S. The van der Waals surface area contributed by atoms with Gasteiger partial charge in [-0.05, 0) is 37.0 Å². The standard InChI is InChI=1S/C21H20N4O5S/c1-29-14-10-25(12-6-3-2-4-7-12)24-18(14)21(28)30-11-16(26)23-20-17(19(22)27)13-8-5-9-15(13)31-20/h2-4,6-7,10H,5,8-9,11H2,1H3,(H2,22,27)(H,23,26). The summed E-state index contributed by atoms with van der Waals surface area (Å²) >= 11 is 1.33. The van der Waals surface area contributed by atoms with Gasteiger partial charge < -0.3 is 20.5 Å². The third kappa shape index (κ3) is 4.15. The maximum absolute atomic E-state index is 12.5. The van der Waals surface area contributed by atoms with Crippen LogP contribution in [0.25, 0.3) is 5.69 Å². The fourth-order valence-corrected chi connectivity index (χ4v) is 4.79. The molecule has 0 saturated heterocycles. The lowest BCUT2D eigenvalue weighted by Crippen LogP contribution is -2.23. The number of amides is 2.